The molecule has 0 radical (unpaired) electrons. The van der Waals surface area contributed by atoms with Crippen molar-refractivity contribution in [1.82, 2.24) is 10.2 Å². The van der Waals surface area contributed by atoms with Crippen LogP contribution in [0.15, 0.2) is 24.3 Å². The maximum Gasteiger partial charge on any atom is 0.319 e. The number of ether oxygens (including phenoxy) is 1. The van der Waals surface area contributed by atoms with Gasteiger partial charge in [0.15, 0.2) is 5.82 Å². The predicted molar refractivity (Wildman–Crippen MR) is 75.7 cm³/mol. The van der Waals surface area contributed by atoms with E-state index in [0.29, 0.717) is 16.9 Å². The molecule has 2 aromatic rings. The first-order valence-electron chi connectivity index (χ1n) is 6.72. The second kappa shape index (κ2) is 5.25. The lowest BCUT2D eigenvalue weighted by Crippen LogP contribution is -2.39. The number of rotatable bonds is 2. The minimum absolute atomic E-state index is 0.386. The highest BCUT2D eigenvalue weighted by atomic mass is 19.1. The summed E-state index contributed by atoms with van der Waals surface area (Å²) in [5.41, 5.74) is 2.09. The van der Waals surface area contributed by atoms with Gasteiger partial charge in [-0.05, 0) is 24.6 Å². The fraction of sp³-hybridized carbons (Fsp3) is 0.267. The number of aryl methyl sites for hydroxylation is 1. The Morgan fingerprint density at radius 1 is 1.32 bits per heavy atom. The minimum Gasteiger partial charge on any atom is -0.468 e. The maximum atomic E-state index is 13.2. The number of methoxy groups -OCH3 is 1. The molecule has 0 fully saturated rings. The average Bonchev–Trinajstić information content (AvgIpc) is 2.87. The first-order chi connectivity index (χ1) is 10.5. The van der Waals surface area contributed by atoms with Crippen molar-refractivity contribution in [2.45, 2.75) is 12.8 Å². The number of nitrogens with zero attached hydrogens (tertiary/aromatic N) is 1. The topological polar surface area (TPSA) is 84.1 Å². The molecule has 1 aromatic carbocycles. The van der Waals surface area contributed by atoms with E-state index in [2.05, 4.69) is 15.5 Å². The molecule has 0 saturated heterocycles. The van der Waals surface area contributed by atoms with Crippen molar-refractivity contribution in [1.29, 1.82) is 0 Å². The van der Waals surface area contributed by atoms with Gasteiger partial charge in [0.2, 0.25) is 5.91 Å². The van der Waals surface area contributed by atoms with E-state index in [1.807, 2.05) is 0 Å². The number of H-pyrrole nitrogens is 1. The highest BCUT2D eigenvalue weighted by molar-refractivity contribution is 6.08. The SMILES string of the molecule is COC(=O)C1C(=O)Nc2n[nH]c(C)c2C1c1ccc(F)cc1. The normalized spacial score (nSPS) is 20.2. The van der Waals surface area contributed by atoms with Gasteiger partial charge < -0.3 is 10.1 Å². The van der Waals surface area contributed by atoms with Crippen LogP contribution in [0.2, 0.25) is 0 Å². The van der Waals surface area contributed by atoms with Crippen molar-refractivity contribution in [2.75, 3.05) is 12.4 Å². The van der Waals surface area contributed by atoms with Crippen molar-refractivity contribution in [2.24, 2.45) is 5.92 Å². The van der Waals surface area contributed by atoms with Gasteiger partial charge in [-0.15, -0.1) is 0 Å². The van der Waals surface area contributed by atoms with Crippen LogP contribution in [0.5, 0.6) is 0 Å². The van der Waals surface area contributed by atoms with Crippen molar-refractivity contribution in [3.63, 3.8) is 0 Å². The first-order valence-corrected chi connectivity index (χ1v) is 6.72. The molecule has 6 nitrogen and oxygen atoms in total. The number of hydrogen-bond donors (Lipinski definition) is 2. The lowest BCUT2D eigenvalue weighted by molar-refractivity contribution is -0.149. The largest absolute Gasteiger partial charge is 0.468 e. The van der Waals surface area contributed by atoms with E-state index >= 15 is 0 Å². The molecule has 0 spiro atoms. The Kier molecular flexibility index (Phi) is 3.40. The number of nitrogens with one attached hydrogen (secondary N) is 2. The summed E-state index contributed by atoms with van der Waals surface area (Å²) in [4.78, 5) is 24.4. The third kappa shape index (κ3) is 2.14. The molecule has 2 atom stereocenters. The van der Waals surface area contributed by atoms with Gasteiger partial charge >= 0.3 is 5.97 Å². The molecule has 1 aliphatic heterocycles. The molecule has 1 aromatic heterocycles. The Labute approximate surface area is 125 Å². The summed E-state index contributed by atoms with van der Waals surface area (Å²) in [5.74, 6) is -2.74. The zero-order valence-corrected chi connectivity index (χ0v) is 12.0. The molecular formula is C15H14FN3O3. The number of halogens is 1. The third-order valence-corrected chi connectivity index (χ3v) is 3.85. The number of amides is 1. The van der Waals surface area contributed by atoms with E-state index in [4.69, 9.17) is 4.74 Å². The highest BCUT2D eigenvalue weighted by Gasteiger charge is 2.44. The second-order valence-corrected chi connectivity index (χ2v) is 5.13. The Hall–Kier alpha value is -2.70. The number of aromatic amines is 1. The molecule has 1 aliphatic rings. The summed E-state index contributed by atoms with van der Waals surface area (Å²) in [6.45, 7) is 1.80. The number of benzene rings is 1. The first kappa shape index (κ1) is 14.2. The zero-order chi connectivity index (χ0) is 15.9. The van der Waals surface area contributed by atoms with E-state index in [0.717, 1.165) is 5.69 Å². The lowest BCUT2D eigenvalue weighted by atomic mass is 9.78. The van der Waals surface area contributed by atoms with Crippen molar-refractivity contribution in [3.05, 3.63) is 46.9 Å². The van der Waals surface area contributed by atoms with E-state index in [9.17, 15) is 14.0 Å². The maximum absolute atomic E-state index is 13.2. The quantitative estimate of drug-likeness (QED) is 0.653. The Balaban J connectivity index is 2.18. The van der Waals surface area contributed by atoms with Crippen molar-refractivity contribution < 1.29 is 18.7 Å². The van der Waals surface area contributed by atoms with E-state index in [1.165, 1.54) is 19.2 Å². The van der Waals surface area contributed by atoms with Gasteiger partial charge in [0.1, 0.15) is 11.7 Å². The molecule has 7 heteroatoms. The van der Waals surface area contributed by atoms with E-state index in [1.54, 1.807) is 19.1 Å². The summed E-state index contributed by atoms with van der Waals surface area (Å²) >= 11 is 0. The van der Waals surface area contributed by atoms with Gasteiger partial charge in [-0.3, -0.25) is 14.7 Å². The molecule has 1 amide bonds. The van der Waals surface area contributed by atoms with E-state index < -0.39 is 23.7 Å². The summed E-state index contributed by atoms with van der Waals surface area (Å²) in [7, 11) is 1.23. The number of esters is 1. The van der Waals surface area contributed by atoms with Crippen molar-refractivity contribution >= 4 is 17.7 Å². The van der Waals surface area contributed by atoms with Gasteiger partial charge in [0.25, 0.3) is 0 Å². The van der Waals surface area contributed by atoms with Crippen LogP contribution in [0.4, 0.5) is 10.2 Å². The van der Waals surface area contributed by atoms with Gasteiger partial charge in [-0.25, -0.2) is 4.39 Å². The van der Waals surface area contributed by atoms with Crippen LogP contribution < -0.4 is 5.32 Å². The third-order valence-electron chi connectivity index (χ3n) is 3.85. The number of fused-ring (bicyclic) bond motifs is 1. The molecule has 0 saturated carbocycles. The second-order valence-electron chi connectivity index (χ2n) is 5.13. The zero-order valence-electron chi connectivity index (χ0n) is 12.0. The molecule has 114 valence electrons. The molecule has 22 heavy (non-hydrogen) atoms. The summed E-state index contributed by atoms with van der Waals surface area (Å²) in [5, 5.41) is 9.43. The van der Waals surface area contributed by atoms with Crippen LogP contribution in [0.1, 0.15) is 22.7 Å². The molecule has 2 N–H and O–H groups in total. The Morgan fingerprint density at radius 2 is 2.00 bits per heavy atom. The minimum atomic E-state index is -1.04. The molecule has 3 rings (SSSR count). The molecule has 2 unspecified atom stereocenters. The molecule has 0 aliphatic carbocycles. The average molecular weight is 303 g/mol. The molecule has 2 heterocycles. The van der Waals surface area contributed by atoms with Crippen LogP contribution in [0.25, 0.3) is 0 Å². The van der Waals surface area contributed by atoms with E-state index in [-0.39, 0.29) is 5.82 Å². The molecular weight excluding hydrogens is 289 g/mol. The molecule has 0 bridgehead atoms. The monoisotopic (exact) mass is 303 g/mol. The number of carbonyl (C=O) groups is 2. The Morgan fingerprint density at radius 3 is 2.64 bits per heavy atom. The van der Waals surface area contributed by atoms with Crippen LogP contribution in [-0.2, 0) is 14.3 Å². The van der Waals surface area contributed by atoms with Crippen LogP contribution >= 0.6 is 0 Å². The number of anilines is 1. The van der Waals surface area contributed by atoms with Crippen LogP contribution in [-0.4, -0.2) is 29.2 Å². The number of hydrogen-bond acceptors (Lipinski definition) is 4. The standard InChI is InChI=1S/C15H14FN3O3/c1-7-10-11(8-3-5-9(16)6-4-8)12(15(21)22-2)14(20)17-13(10)19-18-7/h3-6,11-12H,1-2H3,(H2,17,18,19,20). The van der Waals surface area contributed by atoms with Gasteiger partial charge in [-0.1, -0.05) is 12.1 Å². The van der Waals surface area contributed by atoms with Gasteiger partial charge in [0.05, 0.1) is 7.11 Å². The highest BCUT2D eigenvalue weighted by Crippen LogP contribution is 2.41. The number of aromatic nitrogens is 2. The van der Waals surface area contributed by atoms with Crippen LogP contribution in [0.3, 0.4) is 0 Å². The Bertz CT molecular complexity index is 739. The fourth-order valence-electron chi connectivity index (χ4n) is 2.83. The van der Waals surface area contributed by atoms with Gasteiger partial charge in [0, 0.05) is 17.2 Å². The van der Waals surface area contributed by atoms with Crippen molar-refractivity contribution in [3.8, 4) is 0 Å². The smallest absolute Gasteiger partial charge is 0.319 e. The predicted octanol–water partition coefficient (Wildman–Crippen LogP) is 1.73. The lowest BCUT2D eigenvalue weighted by Gasteiger charge is -2.29. The fourth-order valence-corrected chi connectivity index (χ4v) is 2.83. The summed E-state index contributed by atoms with van der Waals surface area (Å²) < 4.78 is 17.9. The van der Waals surface area contributed by atoms with Gasteiger partial charge in [-0.2, -0.15) is 5.10 Å². The summed E-state index contributed by atoms with van der Waals surface area (Å²) in [6.07, 6.45) is 0. The summed E-state index contributed by atoms with van der Waals surface area (Å²) in [6, 6.07) is 5.71. The number of carbonyl (C=O) groups excluding carboxylic acids is 2. The van der Waals surface area contributed by atoms with Crippen LogP contribution in [0, 0.1) is 18.7 Å².